The second-order valence-corrected chi connectivity index (χ2v) is 4.30. The van der Waals surface area contributed by atoms with Crippen LogP contribution in [0.4, 0.5) is 0 Å². The van der Waals surface area contributed by atoms with E-state index in [4.69, 9.17) is 4.74 Å². The number of hydrogen-bond donors (Lipinski definition) is 0. The van der Waals surface area contributed by atoms with Crippen molar-refractivity contribution < 1.29 is 4.74 Å². The van der Waals surface area contributed by atoms with Crippen LogP contribution in [-0.2, 0) is 11.2 Å². The first-order chi connectivity index (χ1) is 7.28. The van der Waals surface area contributed by atoms with Crippen LogP contribution in [-0.4, -0.2) is 12.2 Å². The molecule has 1 nitrogen and oxygen atoms in total. The van der Waals surface area contributed by atoms with Crippen LogP contribution in [0.5, 0.6) is 0 Å². The molecule has 0 amide bonds. The lowest BCUT2D eigenvalue weighted by molar-refractivity contribution is 0.0529. The van der Waals surface area contributed by atoms with E-state index in [0.717, 1.165) is 6.42 Å². The molecule has 2 rings (SSSR count). The van der Waals surface area contributed by atoms with Crippen molar-refractivity contribution >= 4 is 6.08 Å². The molecule has 1 aliphatic carbocycles. The highest BCUT2D eigenvalue weighted by Gasteiger charge is 2.24. The molecule has 0 aliphatic heterocycles. The topological polar surface area (TPSA) is 9.23 Å². The fourth-order valence-electron chi connectivity index (χ4n) is 1.70. The molecule has 0 radical (unpaired) electrons. The normalized spacial score (nSPS) is 17.4. The summed E-state index contributed by atoms with van der Waals surface area (Å²) < 4.78 is 5.80. The zero-order chi connectivity index (χ0) is 10.7. The van der Waals surface area contributed by atoms with Crippen molar-refractivity contribution in [3.63, 3.8) is 0 Å². The molecule has 15 heavy (non-hydrogen) atoms. The third-order valence-electron chi connectivity index (χ3n) is 2.69. The summed E-state index contributed by atoms with van der Waals surface area (Å²) in [6.45, 7) is 5.90. The van der Waals surface area contributed by atoms with Crippen molar-refractivity contribution in [2.24, 2.45) is 0 Å². The summed E-state index contributed by atoms with van der Waals surface area (Å²) in [5, 5.41) is 0. The Morgan fingerprint density at radius 3 is 2.60 bits per heavy atom. The predicted molar refractivity (Wildman–Crippen MR) is 63.8 cm³/mol. The van der Waals surface area contributed by atoms with Crippen LogP contribution in [0.25, 0.3) is 6.08 Å². The molecule has 1 unspecified atom stereocenters. The quantitative estimate of drug-likeness (QED) is 0.710. The first kappa shape index (κ1) is 10.4. The third-order valence-corrected chi connectivity index (χ3v) is 2.69. The van der Waals surface area contributed by atoms with Crippen molar-refractivity contribution in [1.29, 1.82) is 0 Å². The van der Waals surface area contributed by atoms with E-state index in [1.165, 1.54) is 24.0 Å². The molecular weight excluding hydrogens is 184 g/mol. The van der Waals surface area contributed by atoms with E-state index in [9.17, 15) is 0 Å². The van der Waals surface area contributed by atoms with Gasteiger partial charge in [-0.3, -0.25) is 0 Å². The Morgan fingerprint density at radius 2 is 2.07 bits per heavy atom. The van der Waals surface area contributed by atoms with Gasteiger partial charge in [0.1, 0.15) is 0 Å². The molecule has 0 spiro atoms. The van der Waals surface area contributed by atoms with Gasteiger partial charge in [-0.1, -0.05) is 36.9 Å². The van der Waals surface area contributed by atoms with E-state index >= 15 is 0 Å². The summed E-state index contributed by atoms with van der Waals surface area (Å²) in [5.74, 6) is 0. The summed E-state index contributed by atoms with van der Waals surface area (Å²) >= 11 is 0. The first-order valence-corrected chi connectivity index (χ1v) is 5.65. The molecule has 1 saturated carbocycles. The average Bonchev–Trinajstić information content (AvgIpc) is 3.03. The van der Waals surface area contributed by atoms with Crippen molar-refractivity contribution in [1.82, 2.24) is 0 Å². The zero-order valence-electron chi connectivity index (χ0n) is 9.28. The Hall–Kier alpha value is -1.08. The van der Waals surface area contributed by atoms with Crippen LogP contribution in [0.3, 0.4) is 0 Å². The molecule has 1 aromatic carbocycles. The first-order valence-electron chi connectivity index (χ1n) is 5.65. The number of hydrogen-bond acceptors (Lipinski definition) is 1. The fraction of sp³-hybridized carbons (Fsp3) is 0.429. The van der Waals surface area contributed by atoms with E-state index < -0.39 is 0 Å². The maximum Gasteiger partial charge on any atom is 0.0591 e. The van der Waals surface area contributed by atoms with E-state index in [-0.39, 0.29) is 0 Å². The van der Waals surface area contributed by atoms with Gasteiger partial charge in [0.15, 0.2) is 0 Å². The molecule has 0 heterocycles. The molecule has 0 bridgehead atoms. The van der Waals surface area contributed by atoms with Gasteiger partial charge in [-0.05, 0) is 37.3 Å². The van der Waals surface area contributed by atoms with Crippen LogP contribution in [0.1, 0.15) is 30.9 Å². The standard InChI is InChI=1S/C14H18O/c1-3-12-4-6-13(7-5-12)10-11(2)15-14-8-9-14/h3-7,11,14H,1,8-10H2,2H3. The second-order valence-electron chi connectivity index (χ2n) is 4.30. The lowest BCUT2D eigenvalue weighted by atomic mass is 10.1. The predicted octanol–water partition coefficient (Wildman–Crippen LogP) is 3.44. The van der Waals surface area contributed by atoms with Crippen molar-refractivity contribution in [3.8, 4) is 0 Å². The number of ether oxygens (including phenoxy) is 1. The maximum atomic E-state index is 5.80. The average molecular weight is 202 g/mol. The second kappa shape index (κ2) is 4.63. The van der Waals surface area contributed by atoms with Gasteiger partial charge in [0.05, 0.1) is 12.2 Å². The minimum Gasteiger partial charge on any atom is -0.375 e. The Balaban J connectivity index is 1.88. The number of rotatable bonds is 5. The van der Waals surface area contributed by atoms with Crippen molar-refractivity contribution in [2.75, 3.05) is 0 Å². The lowest BCUT2D eigenvalue weighted by Crippen LogP contribution is -2.12. The monoisotopic (exact) mass is 202 g/mol. The minimum absolute atomic E-state index is 0.340. The van der Waals surface area contributed by atoms with Gasteiger partial charge < -0.3 is 4.74 Å². The van der Waals surface area contributed by atoms with Gasteiger partial charge >= 0.3 is 0 Å². The molecule has 1 heteroatoms. The Bertz CT molecular complexity index is 322. The Labute approximate surface area is 91.8 Å². The largest absolute Gasteiger partial charge is 0.375 e. The maximum absolute atomic E-state index is 5.80. The van der Waals surface area contributed by atoms with Gasteiger partial charge in [-0.15, -0.1) is 0 Å². The van der Waals surface area contributed by atoms with Crippen LogP contribution in [0.2, 0.25) is 0 Å². The van der Waals surface area contributed by atoms with Crippen LogP contribution in [0, 0.1) is 0 Å². The van der Waals surface area contributed by atoms with E-state index in [2.05, 4.69) is 37.8 Å². The van der Waals surface area contributed by atoms with Crippen LogP contribution >= 0.6 is 0 Å². The van der Waals surface area contributed by atoms with E-state index in [1.54, 1.807) is 0 Å². The minimum atomic E-state index is 0.340. The van der Waals surface area contributed by atoms with Gasteiger partial charge in [0, 0.05) is 0 Å². The smallest absolute Gasteiger partial charge is 0.0591 e. The molecule has 80 valence electrons. The van der Waals surface area contributed by atoms with Crippen LogP contribution in [0.15, 0.2) is 30.8 Å². The molecule has 1 aromatic rings. The van der Waals surface area contributed by atoms with Gasteiger partial charge in [0.2, 0.25) is 0 Å². The highest BCUT2D eigenvalue weighted by Crippen LogP contribution is 2.25. The SMILES string of the molecule is C=Cc1ccc(CC(C)OC2CC2)cc1. The van der Waals surface area contributed by atoms with Gasteiger partial charge in [-0.25, -0.2) is 0 Å². The number of benzene rings is 1. The highest BCUT2D eigenvalue weighted by molar-refractivity contribution is 5.47. The summed E-state index contributed by atoms with van der Waals surface area (Å²) in [5.41, 5.74) is 2.52. The summed E-state index contributed by atoms with van der Waals surface area (Å²) in [4.78, 5) is 0. The Morgan fingerprint density at radius 1 is 1.40 bits per heavy atom. The summed E-state index contributed by atoms with van der Waals surface area (Å²) in [6, 6.07) is 8.52. The third kappa shape index (κ3) is 3.21. The Kier molecular flexibility index (Phi) is 3.22. The molecule has 0 aromatic heterocycles. The lowest BCUT2D eigenvalue weighted by Gasteiger charge is -2.12. The summed E-state index contributed by atoms with van der Waals surface area (Å²) in [7, 11) is 0. The fourth-order valence-corrected chi connectivity index (χ4v) is 1.70. The molecule has 1 fully saturated rings. The molecule has 1 aliphatic rings. The molecular formula is C14H18O. The summed E-state index contributed by atoms with van der Waals surface area (Å²) in [6.07, 6.45) is 6.26. The molecule has 1 atom stereocenters. The molecule has 0 N–H and O–H groups in total. The van der Waals surface area contributed by atoms with E-state index in [0.29, 0.717) is 12.2 Å². The highest BCUT2D eigenvalue weighted by atomic mass is 16.5. The van der Waals surface area contributed by atoms with Crippen LogP contribution < -0.4 is 0 Å². The van der Waals surface area contributed by atoms with Gasteiger partial charge in [0.25, 0.3) is 0 Å². The van der Waals surface area contributed by atoms with E-state index in [1.807, 2.05) is 6.08 Å². The van der Waals surface area contributed by atoms with Gasteiger partial charge in [-0.2, -0.15) is 0 Å². The zero-order valence-corrected chi connectivity index (χ0v) is 9.28. The van der Waals surface area contributed by atoms with Crippen molar-refractivity contribution in [3.05, 3.63) is 42.0 Å². The molecule has 0 saturated heterocycles. The van der Waals surface area contributed by atoms with Crippen molar-refractivity contribution in [2.45, 2.75) is 38.4 Å².